The number of fused-ring (bicyclic) bond motifs is 1. The largest absolute Gasteiger partial charge is 0.381 e. The van der Waals surface area contributed by atoms with E-state index in [1.54, 1.807) is 11.3 Å². The number of likely N-dealkylation sites (tertiary alicyclic amines) is 1. The lowest BCUT2D eigenvalue weighted by molar-refractivity contribution is -0.163. The number of carbonyl (C=O) groups is 1. The highest BCUT2D eigenvalue weighted by atomic mass is 32.1. The Bertz CT molecular complexity index is 490. The van der Waals surface area contributed by atoms with Crippen molar-refractivity contribution >= 4 is 17.2 Å². The third-order valence-corrected chi connectivity index (χ3v) is 5.60. The Hall–Kier alpha value is -0.910. The molecule has 22 heavy (non-hydrogen) atoms. The molecule has 2 saturated heterocycles. The van der Waals surface area contributed by atoms with Crippen LogP contribution in [0.5, 0.6) is 0 Å². The summed E-state index contributed by atoms with van der Waals surface area (Å²) in [7, 11) is 0. The van der Waals surface area contributed by atoms with Gasteiger partial charge in [0.2, 0.25) is 5.91 Å². The number of piperidine rings is 1. The zero-order valence-electron chi connectivity index (χ0n) is 13.3. The molecular formula is C17H25NO3S. The van der Waals surface area contributed by atoms with Crippen LogP contribution in [0.1, 0.15) is 31.7 Å². The standard InChI is InChI=1S/C17H25NO3S/c1-2-20-13-17-6-3-8-21-15(17)4-7-18(12-17)16(19)10-14-5-9-22-11-14/h5,9,11,15H,2-4,6-8,10,12-13H2,1H3. The third-order valence-electron chi connectivity index (χ3n) is 4.87. The Labute approximate surface area is 136 Å². The first-order chi connectivity index (χ1) is 10.7. The van der Waals surface area contributed by atoms with E-state index in [1.807, 2.05) is 23.3 Å². The zero-order chi connectivity index (χ0) is 15.4. The Morgan fingerprint density at radius 1 is 1.59 bits per heavy atom. The van der Waals surface area contributed by atoms with Gasteiger partial charge < -0.3 is 14.4 Å². The lowest BCUT2D eigenvalue weighted by Crippen LogP contribution is -2.58. The summed E-state index contributed by atoms with van der Waals surface area (Å²) in [6.45, 7) is 5.88. The molecule has 2 atom stereocenters. The Kier molecular flexibility index (Phi) is 5.16. The van der Waals surface area contributed by atoms with Crippen molar-refractivity contribution in [2.75, 3.05) is 32.9 Å². The first-order valence-corrected chi connectivity index (χ1v) is 9.16. The number of amides is 1. The maximum Gasteiger partial charge on any atom is 0.227 e. The number of carbonyl (C=O) groups excluding carboxylic acids is 1. The molecule has 3 rings (SSSR count). The van der Waals surface area contributed by atoms with E-state index < -0.39 is 0 Å². The fraction of sp³-hybridized carbons (Fsp3) is 0.706. The maximum absolute atomic E-state index is 12.6. The molecule has 2 unspecified atom stereocenters. The fourth-order valence-electron chi connectivity index (χ4n) is 3.70. The monoisotopic (exact) mass is 323 g/mol. The van der Waals surface area contributed by atoms with Crippen LogP contribution in [-0.2, 0) is 20.7 Å². The summed E-state index contributed by atoms with van der Waals surface area (Å²) < 4.78 is 11.8. The number of hydrogen-bond donors (Lipinski definition) is 0. The molecule has 0 N–H and O–H groups in total. The molecule has 0 radical (unpaired) electrons. The molecule has 5 heteroatoms. The summed E-state index contributed by atoms with van der Waals surface area (Å²) in [5.74, 6) is 0.235. The van der Waals surface area contributed by atoms with Crippen LogP contribution in [0.15, 0.2) is 16.8 Å². The van der Waals surface area contributed by atoms with Crippen molar-refractivity contribution in [1.82, 2.24) is 4.90 Å². The minimum Gasteiger partial charge on any atom is -0.381 e. The van der Waals surface area contributed by atoms with Crippen LogP contribution < -0.4 is 0 Å². The van der Waals surface area contributed by atoms with E-state index in [0.717, 1.165) is 51.1 Å². The molecule has 0 aromatic carbocycles. The van der Waals surface area contributed by atoms with E-state index in [1.165, 1.54) is 0 Å². The van der Waals surface area contributed by atoms with Gasteiger partial charge in [-0.05, 0) is 48.6 Å². The third kappa shape index (κ3) is 3.36. The minimum absolute atomic E-state index is 0.00316. The molecule has 2 fully saturated rings. The van der Waals surface area contributed by atoms with E-state index in [4.69, 9.17) is 9.47 Å². The number of thiophene rings is 1. The van der Waals surface area contributed by atoms with Gasteiger partial charge in [0.25, 0.3) is 0 Å². The van der Waals surface area contributed by atoms with Gasteiger partial charge in [0, 0.05) is 31.7 Å². The first kappa shape index (κ1) is 16.0. The summed E-state index contributed by atoms with van der Waals surface area (Å²) in [6, 6.07) is 2.04. The van der Waals surface area contributed by atoms with Gasteiger partial charge in [-0.1, -0.05) is 0 Å². The molecule has 0 bridgehead atoms. The van der Waals surface area contributed by atoms with E-state index in [-0.39, 0.29) is 17.4 Å². The molecule has 1 amide bonds. The molecule has 4 nitrogen and oxygen atoms in total. The smallest absolute Gasteiger partial charge is 0.227 e. The van der Waals surface area contributed by atoms with Crippen molar-refractivity contribution in [2.45, 2.75) is 38.7 Å². The highest BCUT2D eigenvalue weighted by molar-refractivity contribution is 7.07. The predicted molar refractivity (Wildman–Crippen MR) is 87.1 cm³/mol. The average Bonchev–Trinajstić information content (AvgIpc) is 3.05. The molecule has 2 aliphatic heterocycles. The van der Waals surface area contributed by atoms with Crippen molar-refractivity contribution in [3.63, 3.8) is 0 Å². The SMILES string of the molecule is CCOCC12CCCOC1CCN(C(=O)Cc1ccsc1)C2. The summed E-state index contributed by atoms with van der Waals surface area (Å²) in [4.78, 5) is 14.6. The van der Waals surface area contributed by atoms with Gasteiger partial charge in [0.15, 0.2) is 0 Å². The summed E-state index contributed by atoms with van der Waals surface area (Å²) in [5.41, 5.74) is 1.12. The zero-order valence-corrected chi connectivity index (χ0v) is 14.1. The van der Waals surface area contributed by atoms with Gasteiger partial charge in [-0.25, -0.2) is 0 Å². The summed E-state index contributed by atoms with van der Waals surface area (Å²) in [5, 5.41) is 4.09. The topological polar surface area (TPSA) is 38.8 Å². The number of hydrogen-bond acceptors (Lipinski definition) is 4. The molecule has 1 aromatic rings. The van der Waals surface area contributed by atoms with E-state index in [0.29, 0.717) is 13.0 Å². The molecule has 0 saturated carbocycles. The molecule has 3 heterocycles. The van der Waals surface area contributed by atoms with Crippen molar-refractivity contribution < 1.29 is 14.3 Å². The molecule has 0 spiro atoms. The van der Waals surface area contributed by atoms with Gasteiger partial charge in [-0.3, -0.25) is 4.79 Å². The summed E-state index contributed by atoms with van der Waals surface area (Å²) >= 11 is 1.65. The van der Waals surface area contributed by atoms with Gasteiger partial charge in [0.1, 0.15) is 0 Å². The number of ether oxygens (including phenoxy) is 2. The lowest BCUT2D eigenvalue weighted by atomic mass is 9.73. The van der Waals surface area contributed by atoms with Crippen molar-refractivity contribution in [3.8, 4) is 0 Å². The molecule has 1 aromatic heterocycles. The maximum atomic E-state index is 12.6. The van der Waals surface area contributed by atoms with E-state index in [2.05, 4.69) is 5.38 Å². The summed E-state index contributed by atoms with van der Waals surface area (Å²) in [6.07, 6.45) is 3.86. The highest BCUT2D eigenvalue weighted by Crippen LogP contribution is 2.40. The first-order valence-electron chi connectivity index (χ1n) is 8.22. The average molecular weight is 323 g/mol. The predicted octanol–water partition coefficient (Wildman–Crippen LogP) is 2.72. The normalized spacial score (nSPS) is 28.4. The second kappa shape index (κ2) is 7.11. The second-order valence-electron chi connectivity index (χ2n) is 6.37. The Morgan fingerprint density at radius 3 is 3.27 bits per heavy atom. The Morgan fingerprint density at radius 2 is 2.50 bits per heavy atom. The van der Waals surface area contributed by atoms with Crippen LogP contribution >= 0.6 is 11.3 Å². The van der Waals surface area contributed by atoms with E-state index >= 15 is 0 Å². The van der Waals surface area contributed by atoms with Crippen LogP contribution in [0.2, 0.25) is 0 Å². The van der Waals surface area contributed by atoms with Crippen molar-refractivity contribution in [3.05, 3.63) is 22.4 Å². The van der Waals surface area contributed by atoms with Crippen LogP contribution in [0, 0.1) is 5.41 Å². The fourth-order valence-corrected chi connectivity index (χ4v) is 4.37. The van der Waals surface area contributed by atoms with Crippen LogP contribution in [0.4, 0.5) is 0 Å². The second-order valence-corrected chi connectivity index (χ2v) is 7.15. The van der Waals surface area contributed by atoms with Gasteiger partial charge in [-0.2, -0.15) is 11.3 Å². The number of rotatable bonds is 5. The molecular weight excluding hydrogens is 298 g/mol. The van der Waals surface area contributed by atoms with Gasteiger partial charge >= 0.3 is 0 Å². The van der Waals surface area contributed by atoms with Gasteiger partial charge in [0.05, 0.1) is 19.1 Å². The van der Waals surface area contributed by atoms with E-state index in [9.17, 15) is 4.79 Å². The lowest BCUT2D eigenvalue weighted by Gasteiger charge is -2.50. The molecule has 122 valence electrons. The molecule has 2 aliphatic rings. The van der Waals surface area contributed by atoms with Crippen LogP contribution in [0.25, 0.3) is 0 Å². The number of nitrogens with zero attached hydrogens (tertiary/aromatic N) is 1. The quantitative estimate of drug-likeness (QED) is 0.836. The highest BCUT2D eigenvalue weighted by Gasteiger charge is 2.47. The van der Waals surface area contributed by atoms with Crippen LogP contribution in [0.3, 0.4) is 0 Å². The minimum atomic E-state index is -0.00316. The van der Waals surface area contributed by atoms with Crippen molar-refractivity contribution in [1.29, 1.82) is 0 Å². The van der Waals surface area contributed by atoms with Crippen LogP contribution in [-0.4, -0.2) is 49.8 Å². The molecule has 0 aliphatic carbocycles. The van der Waals surface area contributed by atoms with Crippen molar-refractivity contribution in [2.24, 2.45) is 5.41 Å². The van der Waals surface area contributed by atoms with Gasteiger partial charge in [-0.15, -0.1) is 0 Å². The Balaban J connectivity index is 1.68.